The molecule has 1 unspecified atom stereocenters. The van der Waals surface area contributed by atoms with Crippen LogP contribution in [0.1, 0.15) is 30.2 Å². The summed E-state index contributed by atoms with van der Waals surface area (Å²) in [4.78, 5) is 7.34. The minimum Gasteiger partial charge on any atom is -0.369 e. The van der Waals surface area contributed by atoms with Gasteiger partial charge in [-0.15, -0.1) is 0 Å². The van der Waals surface area contributed by atoms with E-state index >= 15 is 0 Å². The lowest BCUT2D eigenvalue weighted by Gasteiger charge is -2.29. The zero-order valence-corrected chi connectivity index (χ0v) is 13.1. The number of aromatic nitrogens is 2. The van der Waals surface area contributed by atoms with E-state index < -0.39 is 0 Å². The van der Waals surface area contributed by atoms with Crippen molar-refractivity contribution in [3.05, 3.63) is 30.2 Å². The van der Waals surface area contributed by atoms with E-state index in [-0.39, 0.29) is 0 Å². The Labute approximate surface area is 129 Å². The first kappa shape index (κ1) is 13.5. The van der Waals surface area contributed by atoms with E-state index in [2.05, 4.69) is 50.9 Å². The van der Waals surface area contributed by atoms with E-state index in [0.29, 0.717) is 5.25 Å². The van der Waals surface area contributed by atoms with Gasteiger partial charge in [0.25, 0.3) is 0 Å². The fourth-order valence-corrected chi connectivity index (χ4v) is 4.51. The van der Waals surface area contributed by atoms with Crippen molar-refractivity contribution in [2.24, 2.45) is 0 Å². The quantitative estimate of drug-likeness (QED) is 0.924. The number of thioether (sulfide) groups is 1. The fraction of sp³-hybridized carbons (Fsp3) is 0.562. The second-order valence-electron chi connectivity index (χ2n) is 5.91. The number of imidazole rings is 1. The molecule has 2 saturated heterocycles. The Hall–Kier alpha value is -1.20. The summed E-state index contributed by atoms with van der Waals surface area (Å²) in [6, 6.07) is 4.46. The summed E-state index contributed by atoms with van der Waals surface area (Å²) in [7, 11) is 0. The number of hydrogen-bond acceptors (Lipinski definition) is 4. The van der Waals surface area contributed by atoms with Crippen LogP contribution in [0.5, 0.6) is 0 Å². The lowest BCUT2D eigenvalue weighted by molar-refractivity contribution is 0.589. The molecule has 2 aromatic heterocycles. The molecule has 0 bridgehead atoms. The SMILES string of the molecule is c1cn2cc(C3CCCCS3)nc2cc1N1CCNCC1. The van der Waals surface area contributed by atoms with Gasteiger partial charge in [-0.1, -0.05) is 6.42 Å². The van der Waals surface area contributed by atoms with Crippen LogP contribution in [-0.2, 0) is 0 Å². The van der Waals surface area contributed by atoms with Crippen LogP contribution in [0.4, 0.5) is 5.69 Å². The molecule has 0 aliphatic carbocycles. The van der Waals surface area contributed by atoms with Crippen molar-refractivity contribution >= 4 is 23.1 Å². The van der Waals surface area contributed by atoms with Crippen LogP contribution in [0.3, 0.4) is 0 Å². The highest BCUT2D eigenvalue weighted by Crippen LogP contribution is 2.37. The molecule has 2 aromatic rings. The zero-order valence-electron chi connectivity index (χ0n) is 12.3. The van der Waals surface area contributed by atoms with E-state index in [1.807, 2.05) is 0 Å². The molecule has 0 spiro atoms. The summed E-state index contributed by atoms with van der Waals surface area (Å²) >= 11 is 2.07. The second-order valence-corrected chi connectivity index (χ2v) is 7.22. The minimum absolute atomic E-state index is 0.598. The summed E-state index contributed by atoms with van der Waals surface area (Å²) < 4.78 is 2.18. The lowest BCUT2D eigenvalue weighted by Crippen LogP contribution is -2.43. The summed E-state index contributed by atoms with van der Waals surface area (Å²) in [5.74, 6) is 1.28. The van der Waals surface area contributed by atoms with E-state index in [1.165, 1.54) is 36.4 Å². The predicted octanol–water partition coefficient (Wildman–Crippen LogP) is 2.70. The monoisotopic (exact) mass is 302 g/mol. The molecule has 0 aromatic carbocycles. The van der Waals surface area contributed by atoms with Crippen LogP contribution in [0, 0.1) is 0 Å². The number of nitrogens with one attached hydrogen (secondary N) is 1. The first-order chi connectivity index (χ1) is 10.4. The van der Waals surface area contributed by atoms with Crippen LogP contribution in [0.25, 0.3) is 5.65 Å². The Morgan fingerprint density at radius 2 is 2.14 bits per heavy atom. The summed E-state index contributed by atoms with van der Waals surface area (Å²) in [6.07, 6.45) is 8.37. The molecular weight excluding hydrogens is 280 g/mol. The van der Waals surface area contributed by atoms with Crippen molar-refractivity contribution in [1.82, 2.24) is 14.7 Å². The van der Waals surface area contributed by atoms with E-state index in [1.54, 1.807) is 0 Å². The Bertz CT molecular complexity index is 596. The van der Waals surface area contributed by atoms with Gasteiger partial charge in [0, 0.05) is 55.6 Å². The third-order valence-corrected chi connectivity index (χ3v) is 5.86. The van der Waals surface area contributed by atoms with Crippen LogP contribution in [0.2, 0.25) is 0 Å². The number of piperazine rings is 1. The maximum Gasteiger partial charge on any atom is 0.139 e. The second kappa shape index (κ2) is 5.89. The first-order valence-electron chi connectivity index (χ1n) is 7.96. The van der Waals surface area contributed by atoms with Crippen molar-refractivity contribution in [3.8, 4) is 0 Å². The minimum atomic E-state index is 0.598. The van der Waals surface area contributed by atoms with E-state index in [0.717, 1.165) is 31.8 Å². The predicted molar refractivity (Wildman–Crippen MR) is 89.3 cm³/mol. The molecule has 4 rings (SSSR count). The van der Waals surface area contributed by atoms with Crippen LogP contribution in [-0.4, -0.2) is 41.3 Å². The number of fused-ring (bicyclic) bond motifs is 1. The largest absolute Gasteiger partial charge is 0.369 e. The third-order valence-electron chi connectivity index (χ3n) is 4.45. The van der Waals surface area contributed by atoms with Gasteiger partial charge in [-0.05, 0) is 24.7 Å². The normalized spacial score (nSPS) is 23.6. The molecule has 2 aliphatic heterocycles. The van der Waals surface area contributed by atoms with Crippen molar-refractivity contribution in [2.45, 2.75) is 24.5 Å². The van der Waals surface area contributed by atoms with Gasteiger partial charge in [-0.2, -0.15) is 11.8 Å². The maximum absolute atomic E-state index is 4.89. The van der Waals surface area contributed by atoms with Gasteiger partial charge >= 0.3 is 0 Å². The Balaban J connectivity index is 1.61. The topological polar surface area (TPSA) is 32.6 Å². The molecule has 0 amide bonds. The van der Waals surface area contributed by atoms with Gasteiger partial charge in [0.05, 0.1) is 5.69 Å². The number of anilines is 1. The van der Waals surface area contributed by atoms with Crippen molar-refractivity contribution in [3.63, 3.8) is 0 Å². The Morgan fingerprint density at radius 3 is 2.95 bits per heavy atom. The molecule has 4 heterocycles. The maximum atomic E-state index is 4.89. The molecule has 1 atom stereocenters. The van der Waals surface area contributed by atoms with E-state index in [9.17, 15) is 0 Å². The molecule has 0 saturated carbocycles. The van der Waals surface area contributed by atoms with Crippen molar-refractivity contribution in [1.29, 1.82) is 0 Å². The average Bonchev–Trinajstić information content (AvgIpc) is 2.99. The van der Waals surface area contributed by atoms with Crippen LogP contribution in [0.15, 0.2) is 24.5 Å². The van der Waals surface area contributed by atoms with Crippen molar-refractivity contribution in [2.75, 3.05) is 36.8 Å². The van der Waals surface area contributed by atoms with Gasteiger partial charge in [0.1, 0.15) is 5.65 Å². The molecule has 2 fully saturated rings. The van der Waals surface area contributed by atoms with Gasteiger partial charge in [0.2, 0.25) is 0 Å². The molecule has 21 heavy (non-hydrogen) atoms. The molecule has 1 N–H and O–H groups in total. The molecule has 5 heteroatoms. The van der Waals surface area contributed by atoms with Crippen molar-refractivity contribution < 1.29 is 0 Å². The third kappa shape index (κ3) is 2.77. The lowest BCUT2D eigenvalue weighted by atomic mass is 10.1. The number of rotatable bonds is 2. The van der Waals surface area contributed by atoms with Gasteiger partial charge in [-0.3, -0.25) is 0 Å². The molecule has 112 valence electrons. The van der Waals surface area contributed by atoms with Gasteiger partial charge < -0.3 is 14.6 Å². The van der Waals surface area contributed by atoms with Crippen LogP contribution >= 0.6 is 11.8 Å². The highest BCUT2D eigenvalue weighted by Gasteiger charge is 2.19. The molecule has 4 nitrogen and oxygen atoms in total. The standard InChI is InChI=1S/C16H22N4S/c1-2-10-21-15(3-1)14-12-20-7-4-13(11-16(20)18-14)19-8-5-17-6-9-19/h4,7,11-12,15,17H,1-3,5-6,8-10H2. The summed E-state index contributed by atoms with van der Waals surface area (Å²) in [5.41, 5.74) is 3.65. The zero-order chi connectivity index (χ0) is 14.1. The Morgan fingerprint density at radius 1 is 1.24 bits per heavy atom. The number of nitrogens with zero attached hydrogens (tertiary/aromatic N) is 3. The highest BCUT2D eigenvalue weighted by atomic mass is 32.2. The summed E-state index contributed by atoms with van der Waals surface area (Å²) in [5, 5.41) is 4.00. The average molecular weight is 302 g/mol. The van der Waals surface area contributed by atoms with Gasteiger partial charge in [-0.25, -0.2) is 4.98 Å². The van der Waals surface area contributed by atoms with Gasteiger partial charge in [0.15, 0.2) is 0 Å². The Kier molecular flexibility index (Phi) is 3.78. The number of hydrogen-bond donors (Lipinski definition) is 1. The first-order valence-corrected chi connectivity index (χ1v) is 9.01. The summed E-state index contributed by atoms with van der Waals surface area (Å²) in [6.45, 7) is 4.32. The van der Waals surface area contributed by atoms with E-state index in [4.69, 9.17) is 4.98 Å². The van der Waals surface area contributed by atoms with Crippen LogP contribution < -0.4 is 10.2 Å². The number of pyridine rings is 1. The molecule has 2 aliphatic rings. The molecule has 0 radical (unpaired) electrons. The highest BCUT2D eigenvalue weighted by molar-refractivity contribution is 7.99. The fourth-order valence-electron chi connectivity index (χ4n) is 3.24. The smallest absolute Gasteiger partial charge is 0.139 e. The molecular formula is C16H22N4S.